The standard InChI is InChI=1S/C14H19N3O4/c1-4-15-6-7-16(5-2)14(18)10-8-13(21-3)12(17(19)20)9-11(10)15/h8-9H,4-7H2,1-3H3. The van der Waals surface area contributed by atoms with Gasteiger partial charge in [0.05, 0.1) is 23.3 Å². The molecule has 0 aliphatic carbocycles. The van der Waals surface area contributed by atoms with Crippen molar-refractivity contribution < 1.29 is 14.5 Å². The van der Waals surface area contributed by atoms with Crippen LogP contribution < -0.4 is 9.64 Å². The molecular weight excluding hydrogens is 274 g/mol. The summed E-state index contributed by atoms with van der Waals surface area (Å²) >= 11 is 0. The number of amides is 1. The van der Waals surface area contributed by atoms with Crippen molar-refractivity contribution >= 4 is 17.3 Å². The van der Waals surface area contributed by atoms with Crippen LogP contribution in [0.4, 0.5) is 11.4 Å². The maximum atomic E-state index is 12.6. The predicted octanol–water partition coefficient (Wildman–Crippen LogP) is 1.91. The smallest absolute Gasteiger partial charge is 0.313 e. The summed E-state index contributed by atoms with van der Waals surface area (Å²) in [6, 6.07) is 2.92. The Kier molecular flexibility index (Phi) is 4.30. The van der Waals surface area contributed by atoms with E-state index in [9.17, 15) is 14.9 Å². The summed E-state index contributed by atoms with van der Waals surface area (Å²) in [7, 11) is 1.37. The van der Waals surface area contributed by atoms with Gasteiger partial charge in [0.1, 0.15) is 0 Å². The third-order valence-electron chi connectivity index (χ3n) is 3.76. The number of nitro groups is 1. The van der Waals surface area contributed by atoms with E-state index >= 15 is 0 Å². The lowest BCUT2D eigenvalue weighted by Gasteiger charge is -2.22. The SMILES string of the molecule is CCN1CCN(CC)c2cc([N+](=O)[O-])c(OC)cc2C1=O. The first-order chi connectivity index (χ1) is 10.0. The molecule has 7 heteroatoms. The minimum absolute atomic E-state index is 0.112. The van der Waals surface area contributed by atoms with Gasteiger partial charge in [-0.3, -0.25) is 14.9 Å². The molecule has 0 bridgehead atoms. The van der Waals surface area contributed by atoms with Gasteiger partial charge in [-0.1, -0.05) is 0 Å². The van der Waals surface area contributed by atoms with Gasteiger partial charge in [0.25, 0.3) is 5.91 Å². The number of likely N-dealkylation sites (N-methyl/N-ethyl adjacent to an activating group) is 2. The van der Waals surface area contributed by atoms with E-state index in [0.29, 0.717) is 37.4 Å². The van der Waals surface area contributed by atoms with Crippen LogP contribution >= 0.6 is 0 Å². The highest BCUT2D eigenvalue weighted by Crippen LogP contribution is 2.36. The van der Waals surface area contributed by atoms with Crippen molar-refractivity contribution in [1.82, 2.24) is 4.90 Å². The molecule has 7 nitrogen and oxygen atoms in total. The van der Waals surface area contributed by atoms with Crippen molar-refractivity contribution in [3.05, 3.63) is 27.8 Å². The summed E-state index contributed by atoms with van der Waals surface area (Å²) in [4.78, 5) is 26.9. The van der Waals surface area contributed by atoms with Gasteiger partial charge in [0.15, 0.2) is 5.75 Å². The lowest BCUT2D eigenvalue weighted by Crippen LogP contribution is -2.34. The summed E-state index contributed by atoms with van der Waals surface area (Å²) in [6.07, 6.45) is 0. The molecule has 21 heavy (non-hydrogen) atoms. The normalized spacial score (nSPS) is 14.7. The maximum Gasteiger partial charge on any atom is 0.313 e. The van der Waals surface area contributed by atoms with Crippen LogP contribution in [0.15, 0.2) is 12.1 Å². The van der Waals surface area contributed by atoms with Gasteiger partial charge in [0, 0.05) is 38.3 Å². The van der Waals surface area contributed by atoms with Gasteiger partial charge in [-0.05, 0) is 13.8 Å². The highest BCUT2D eigenvalue weighted by Gasteiger charge is 2.29. The molecule has 0 saturated heterocycles. The zero-order chi connectivity index (χ0) is 15.6. The van der Waals surface area contributed by atoms with E-state index in [-0.39, 0.29) is 17.3 Å². The van der Waals surface area contributed by atoms with E-state index in [1.54, 1.807) is 4.90 Å². The second-order valence-electron chi connectivity index (χ2n) is 4.76. The second-order valence-corrected chi connectivity index (χ2v) is 4.76. The van der Waals surface area contributed by atoms with E-state index in [1.165, 1.54) is 19.2 Å². The van der Waals surface area contributed by atoms with Crippen LogP contribution in [0.1, 0.15) is 24.2 Å². The van der Waals surface area contributed by atoms with Crippen LogP contribution in [-0.2, 0) is 0 Å². The highest BCUT2D eigenvalue weighted by atomic mass is 16.6. The van der Waals surface area contributed by atoms with E-state index < -0.39 is 4.92 Å². The number of fused-ring (bicyclic) bond motifs is 1. The molecule has 0 spiro atoms. The van der Waals surface area contributed by atoms with Crippen LogP contribution in [0.5, 0.6) is 5.75 Å². The average molecular weight is 293 g/mol. The number of nitro benzene ring substituents is 1. The van der Waals surface area contributed by atoms with E-state index in [4.69, 9.17) is 4.74 Å². The number of anilines is 1. The summed E-state index contributed by atoms with van der Waals surface area (Å²) in [6.45, 7) is 6.44. The van der Waals surface area contributed by atoms with Gasteiger partial charge in [-0.25, -0.2) is 0 Å². The lowest BCUT2D eigenvalue weighted by atomic mass is 10.1. The molecule has 1 aliphatic heterocycles. The molecule has 0 aromatic heterocycles. The van der Waals surface area contributed by atoms with Gasteiger partial charge in [-0.2, -0.15) is 0 Å². The number of rotatable bonds is 4. The Labute approximate surface area is 123 Å². The van der Waals surface area contributed by atoms with Gasteiger partial charge >= 0.3 is 5.69 Å². The summed E-state index contributed by atoms with van der Waals surface area (Å²) in [5.41, 5.74) is 0.942. The van der Waals surface area contributed by atoms with Crippen molar-refractivity contribution in [2.45, 2.75) is 13.8 Å². The van der Waals surface area contributed by atoms with E-state index in [2.05, 4.69) is 0 Å². The Bertz CT molecular complexity index is 574. The quantitative estimate of drug-likeness (QED) is 0.626. The molecule has 1 aromatic rings. The Balaban J connectivity index is 2.64. The number of ether oxygens (including phenoxy) is 1. The van der Waals surface area contributed by atoms with Gasteiger partial charge < -0.3 is 14.5 Å². The number of methoxy groups -OCH3 is 1. The van der Waals surface area contributed by atoms with Crippen LogP contribution in [0.25, 0.3) is 0 Å². The molecule has 1 amide bonds. The number of nitrogens with zero attached hydrogens (tertiary/aromatic N) is 3. The molecule has 0 saturated carbocycles. The molecule has 0 unspecified atom stereocenters. The number of hydrogen-bond acceptors (Lipinski definition) is 5. The first kappa shape index (κ1) is 15.1. The van der Waals surface area contributed by atoms with E-state index in [0.717, 1.165) is 0 Å². The molecule has 1 aromatic carbocycles. The third kappa shape index (κ3) is 2.63. The Morgan fingerprint density at radius 3 is 2.38 bits per heavy atom. The average Bonchev–Trinajstić information content (AvgIpc) is 2.62. The molecule has 1 aliphatic rings. The van der Waals surface area contributed by atoms with E-state index in [1.807, 2.05) is 18.7 Å². The minimum Gasteiger partial charge on any atom is -0.490 e. The van der Waals surface area contributed by atoms with Crippen LogP contribution in [0.3, 0.4) is 0 Å². The molecule has 0 N–H and O–H groups in total. The van der Waals surface area contributed by atoms with Crippen LogP contribution in [0, 0.1) is 10.1 Å². The molecule has 1 heterocycles. The second kappa shape index (κ2) is 5.99. The first-order valence-electron chi connectivity index (χ1n) is 6.94. The zero-order valence-corrected chi connectivity index (χ0v) is 12.5. The fraction of sp³-hybridized carbons (Fsp3) is 0.500. The fourth-order valence-electron chi connectivity index (χ4n) is 2.56. The summed E-state index contributed by atoms with van der Waals surface area (Å²) in [5.74, 6) is -0.00208. The highest BCUT2D eigenvalue weighted by molar-refractivity contribution is 6.01. The minimum atomic E-state index is -0.486. The lowest BCUT2D eigenvalue weighted by molar-refractivity contribution is -0.385. The zero-order valence-electron chi connectivity index (χ0n) is 12.5. The molecule has 0 fully saturated rings. The maximum absolute atomic E-state index is 12.6. The van der Waals surface area contributed by atoms with Crippen molar-refractivity contribution in [2.75, 3.05) is 38.2 Å². The van der Waals surface area contributed by atoms with Gasteiger partial charge in [-0.15, -0.1) is 0 Å². The molecule has 2 rings (SSSR count). The summed E-state index contributed by atoms with van der Waals surface area (Å²) in [5, 5.41) is 11.2. The largest absolute Gasteiger partial charge is 0.490 e. The molecule has 0 radical (unpaired) electrons. The fourth-order valence-corrected chi connectivity index (χ4v) is 2.56. The Morgan fingerprint density at radius 2 is 1.86 bits per heavy atom. The Morgan fingerprint density at radius 1 is 1.24 bits per heavy atom. The topological polar surface area (TPSA) is 75.9 Å². The number of carbonyl (C=O) groups excluding carboxylic acids is 1. The van der Waals surface area contributed by atoms with Crippen molar-refractivity contribution in [3.63, 3.8) is 0 Å². The predicted molar refractivity (Wildman–Crippen MR) is 79.1 cm³/mol. The molecule has 114 valence electrons. The number of hydrogen-bond donors (Lipinski definition) is 0. The number of carbonyl (C=O) groups is 1. The molecular formula is C14H19N3O4. The van der Waals surface area contributed by atoms with Crippen molar-refractivity contribution in [3.8, 4) is 5.75 Å². The van der Waals surface area contributed by atoms with Crippen LogP contribution in [-0.4, -0.2) is 49.0 Å². The summed E-state index contributed by atoms with van der Waals surface area (Å²) < 4.78 is 5.07. The van der Waals surface area contributed by atoms with Crippen LogP contribution in [0.2, 0.25) is 0 Å². The number of benzene rings is 1. The van der Waals surface area contributed by atoms with Crippen molar-refractivity contribution in [1.29, 1.82) is 0 Å². The first-order valence-corrected chi connectivity index (χ1v) is 6.94. The molecule has 0 atom stereocenters. The monoisotopic (exact) mass is 293 g/mol. The van der Waals surface area contributed by atoms with Crippen molar-refractivity contribution in [2.24, 2.45) is 0 Å². The van der Waals surface area contributed by atoms with Gasteiger partial charge in [0.2, 0.25) is 0 Å². The third-order valence-corrected chi connectivity index (χ3v) is 3.76. The Hall–Kier alpha value is -2.31.